The Morgan fingerprint density at radius 1 is 1.00 bits per heavy atom. The van der Waals surface area contributed by atoms with E-state index in [9.17, 15) is 4.39 Å². The van der Waals surface area contributed by atoms with Gasteiger partial charge in [0.05, 0.1) is 23.5 Å². The Labute approximate surface area is 205 Å². The minimum absolute atomic E-state index is 0.137. The molecule has 0 aliphatic carbocycles. The number of hydrogen-bond donors (Lipinski definition) is 1. The first kappa shape index (κ1) is 22.3. The first-order valence-electron chi connectivity index (χ1n) is 11.5. The zero-order valence-electron chi connectivity index (χ0n) is 19.5. The van der Waals surface area contributed by atoms with Crippen LogP contribution in [0.15, 0.2) is 79.0 Å². The number of halogens is 1. The highest BCUT2D eigenvalue weighted by Crippen LogP contribution is 2.43. The molecule has 1 fully saturated rings. The minimum atomic E-state index is -0.246. The van der Waals surface area contributed by atoms with Gasteiger partial charge in [-0.15, -0.1) is 0 Å². The summed E-state index contributed by atoms with van der Waals surface area (Å²) in [6.45, 7) is 6.21. The molecule has 5 rings (SSSR count). The molecule has 1 saturated heterocycles. The summed E-state index contributed by atoms with van der Waals surface area (Å²) in [5.74, 6) is -0.246. The normalized spacial score (nSPS) is 17.8. The summed E-state index contributed by atoms with van der Waals surface area (Å²) < 4.78 is 16.8. The van der Waals surface area contributed by atoms with Crippen LogP contribution in [0.5, 0.6) is 0 Å². The number of aryl methyl sites for hydroxylation is 2. The summed E-state index contributed by atoms with van der Waals surface area (Å²) in [6, 6.07) is 23.2. The molecule has 4 nitrogen and oxygen atoms in total. The lowest BCUT2D eigenvalue weighted by atomic mass is 9.96. The molecule has 2 atom stereocenters. The fourth-order valence-electron chi connectivity index (χ4n) is 4.93. The number of pyridine rings is 1. The monoisotopic (exact) mass is 470 g/mol. The number of para-hydroxylation sites is 1. The predicted molar refractivity (Wildman–Crippen MR) is 139 cm³/mol. The van der Waals surface area contributed by atoms with E-state index in [1.165, 1.54) is 11.6 Å². The number of anilines is 1. The molecule has 0 bridgehead atoms. The fourth-order valence-corrected chi connectivity index (χ4v) is 5.28. The zero-order valence-corrected chi connectivity index (χ0v) is 20.3. The Balaban J connectivity index is 1.68. The number of aromatic nitrogens is 2. The third-order valence-corrected chi connectivity index (χ3v) is 6.92. The van der Waals surface area contributed by atoms with Crippen molar-refractivity contribution in [2.24, 2.45) is 0 Å². The second kappa shape index (κ2) is 9.03. The summed E-state index contributed by atoms with van der Waals surface area (Å²) in [6.07, 6.45) is 2.78. The molecule has 1 N–H and O–H groups in total. The molecular formula is C28H27FN4S. The van der Waals surface area contributed by atoms with Crippen molar-refractivity contribution in [1.29, 1.82) is 0 Å². The van der Waals surface area contributed by atoms with Crippen LogP contribution in [0.25, 0.3) is 5.69 Å². The second-order valence-corrected chi connectivity index (χ2v) is 9.02. The predicted octanol–water partition coefficient (Wildman–Crippen LogP) is 6.37. The standard InChI is InChI=1S/C28H27FN4S/c1-4-20-12-14-21(15-13-20)33-27(26(31-28(33)34)24-10-7-8-16-30-24)22-17-18(2)32(19(22)3)25-11-6-5-9-23(25)29/h5-17,26-27H,4H2,1-3H3,(H,31,34)/t26-,27+/m1/s1. The molecule has 34 heavy (non-hydrogen) atoms. The summed E-state index contributed by atoms with van der Waals surface area (Å²) >= 11 is 5.86. The van der Waals surface area contributed by atoms with Gasteiger partial charge < -0.3 is 14.8 Å². The van der Waals surface area contributed by atoms with Crippen LogP contribution in [0.4, 0.5) is 10.1 Å². The van der Waals surface area contributed by atoms with Crippen molar-refractivity contribution >= 4 is 23.0 Å². The third kappa shape index (κ3) is 3.78. The zero-order chi connectivity index (χ0) is 23.8. The summed E-state index contributed by atoms with van der Waals surface area (Å²) in [5, 5.41) is 4.17. The maximum atomic E-state index is 14.8. The highest BCUT2D eigenvalue weighted by Gasteiger charge is 2.42. The van der Waals surface area contributed by atoms with Crippen molar-refractivity contribution in [2.75, 3.05) is 4.90 Å². The molecule has 0 unspecified atom stereocenters. The first-order chi connectivity index (χ1) is 16.5. The second-order valence-electron chi connectivity index (χ2n) is 8.63. The minimum Gasteiger partial charge on any atom is -0.351 e. The van der Waals surface area contributed by atoms with E-state index < -0.39 is 0 Å². The Bertz CT molecular complexity index is 1330. The molecule has 3 heterocycles. The van der Waals surface area contributed by atoms with Crippen LogP contribution in [0.2, 0.25) is 0 Å². The third-order valence-electron chi connectivity index (χ3n) is 6.60. The van der Waals surface area contributed by atoms with Gasteiger partial charge in [-0.2, -0.15) is 0 Å². The van der Waals surface area contributed by atoms with Gasteiger partial charge in [-0.3, -0.25) is 4.98 Å². The number of benzene rings is 2. The van der Waals surface area contributed by atoms with Crippen LogP contribution < -0.4 is 10.2 Å². The molecule has 0 spiro atoms. The van der Waals surface area contributed by atoms with Gasteiger partial charge in [0.2, 0.25) is 0 Å². The summed E-state index contributed by atoms with van der Waals surface area (Å²) in [4.78, 5) is 6.81. The van der Waals surface area contributed by atoms with Gasteiger partial charge in [0, 0.05) is 23.3 Å². The van der Waals surface area contributed by atoms with Crippen molar-refractivity contribution in [1.82, 2.24) is 14.9 Å². The van der Waals surface area contributed by atoms with E-state index in [0.717, 1.165) is 34.8 Å². The van der Waals surface area contributed by atoms with Gasteiger partial charge in [-0.25, -0.2) is 4.39 Å². The summed E-state index contributed by atoms with van der Waals surface area (Å²) in [7, 11) is 0. The summed E-state index contributed by atoms with van der Waals surface area (Å²) in [5.41, 5.74) is 6.80. The molecular weight excluding hydrogens is 443 g/mol. The molecule has 0 radical (unpaired) electrons. The first-order valence-corrected chi connectivity index (χ1v) is 11.9. The van der Waals surface area contributed by atoms with Crippen molar-refractivity contribution in [3.63, 3.8) is 0 Å². The van der Waals surface area contributed by atoms with Crippen molar-refractivity contribution in [3.05, 3.63) is 113 Å². The smallest absolute Gasteiger partial charge is 0.174 e. The van der Waals surface area contributed by atoms with Crippen LogP contribution in [0, 0.1) is 19.7 Å². The molecule has 6 heteroatoms. The van der Waals surface area contributed by atoms with Gasteiger partial charge in [0.1, 0.15) is 5.82 Å². The maximum absolute atomic E-state index is 14.8. The van der Waals surface area contributed by atoms with Crippen LogP contribution in [0.3, 0.4) is 0 Å². The molecule has 1 aliphatic rings. The topological polar surface area (TPSA) is 33.1 Å². The fraction of sp³-hybridized carbons (Fsp3) is 0.214. The lowest BCUT2D eigenvalue weighted by Crippen LogP contribution is -2.29. The maximum Gasteiger partial charge on any atom is 0.174 e. The Hall–Kier alpha value is -3.51. The van der Waals surface area contributed by atoms with Gasteiger partial charge in [0.15, 0.2) is 5.11 Å². The van der Waals surface area contributed by atoms with Crippen molar-refractivity contribution in [2.45, 2.75) is 39.3 Å². The van der Waals surface area contributed by atoms with E-state index >= 15 is 0 Å². The van der Waals surface area contributed by atoms with Gasteiger partial charge in [-0.05, 0) is 86.1 Å². The van der Waals surface area contributed by atoms with Crippen LogP contribution in [0.1, 0.15) is 47.2 Å². The van der Waals surface area contributed by atoms with E-state index in [0.29, 0.717) is 10.8 Å². The highest BCUT2D eigenvalue weighted by molar-refractivity contribution is 7.80. The van der Waals surface area contributed by atoms with E-state index in [4.69, 9.17) is 12.2 Å². The number of nitrogens with zero attached hydrogens (tertiary/aromatic N) is 3. The number of thiocarbonyl (C=S) groups is 1. The Kier molecular flexibility index (Phi) is 5.92. The molecule has 0 saturated carbocycles. The van der Waals surface area contributed by atoms with Crippen LogP contribution >= 0.6 is 12.2 Å². The number of nitrogens with one attached hydrogen (secondary N) is 1. The molecule has 172 valence electrons. The van der Waals surface area contributed by atoms with Gasteiger partial charge in [-0.1, -0.05) is 37.3 Å². The van der Waals surface area contributed by atoms with Gasteiger partial charge in [0.25, 0.3) is 0 Å². The average molecular weight is 471 g/mol. The Morgan fingerprint density at radius 3 is 2.41 bits per heavy atom. The van der Waals surface area contributed by atoms with E-state index in [1.54, 1.807) is 12.3 Å². The van der Waals surface area contributed by atoms with Gasteiger partial charge >= 0.3 is 0 Å². The van der Waals surface area contributed by atoms with E-state index in [1.807, 2.05) is 48.7 Å². The Morgan fingerprint density at radius 2 is 1.74 bits per heavy atom. The van der Waals surface area contributed by atoms with Crippen molar-refractivity contribution < 1.29 is 4.39 Å². The van der Waals surface area contributed by atoms with Crippen LogP contribution in [-0.4, -0.2) is 14.7 Å². The SMILES string of the molecule is CCc1ccc(N2C(=S)N[C@H](c3ccccn3)[C@@H]2c2cc(C)n(-c3ccccc3F)c2C)cc1. The average Bonchev–Trinajstić information content (AvgIpc) is 3.35. The van der Waals surface area contributed by atoms with E-state index in [2.05, 4.69) is 52.5 Å². The van der Waals surface area contributed by atoms with E-state index in [-0.39, 0.29) is 17.9 Å². The quantitative estimate of drug-likeness (QED) is 0.344. The molecule has 0 amide bonds. The molecule has 2 aromatic heterocycles. The lowest BCUT2D eigenvalue weighted by molar-refractivity contribution is 0.564. The number of rotatable bonds is 5. The van der Waals surface area contributed by atoms with Crippen LogP contribution in [-0.2, 0) is 6.42 Å². The molecule has 1 aliphatic heterocycles. The largest absolute Gasteiger partial charge is 0.351 e. The number of hydrogen-bond acceptors (Lipinski definition) is 2. The lowest BCUT2D eigenvalue weighted by Gasteiger charge is -2.28. The highest BCUT2D eigenvalue weighted by atomic mass is 32.1. The molecule has 4 aromatic rings. The molecule has 2 aromatic carbocycles. The van der Waals surface area contributed by atoms with Crippen molar-refractivity contribution in [3.8, 4) is 5.69 Å².